The third kappa shape index (κ3) is 2.58. The number of anilines is 1. The summed E-state index contributed by atoms with van der Waals surface area (Å²) in [5, 5.41) is 0. The van der Waals surface area contributed by atoms with E-state index in [4.69, 9.17) is 16.3 Å². The number of likely N-dealkylation sites (N-methyl/N-ethyl adjacent to an activating group) is 1. The van der Waals surface area contributed by atoms with Crippen LogP contribution < -0.4 is 4.90 Å². The van der Waals surface area contributed by atoms with Gasteiger partial charge in [-0.1, -0.05) is 6.07 Å². The number of nitrogens with zero attached hydrogens (tertiary/aromatic N) is 1. The van der Waals surface area contributed by atoms with E-state index in [0.717, 1.165) is 13.0 Å². The van der Waals surface area contributed by atoms with Crippen LogP contribution >= 0.6 is 11.6 Å². The average Bonchev–Trinajstić information content (AvgIpc) is 2.74. The molecule has 0 aliphatic carbocycles. The van der Waals surface area contributed by atoms with Crippen LogP contribution in [0.2, 0.25) is 0 Å². The third-order valence-corrected chi connectivity index (χ3v) is 4.00. The molecule has 1 fully saturated rings. The highest BCUT2D eigenvalue weighted by Crippen LogP contribution is 2.26. The summed E-state index contributed by atoms with van der Waals surface area (Å²) in [6.07, 6.45) is 1.42. The first-order chi connectivity index (χ1) is 8.13. The van der Waals surface area contributed by atoms with Crippen molar-refractivity contribution in [2.24, 2.45) is 0 Å². The van der Waals surface area contributed by atoms with E-state index in [2.05, 4.69) is 44.0 Å². The minimum absolute atomic E-state index is 0.313. The number of alkyl halides is 1. The molecule has 0 spiro atoms. The predicted molar refractivity (Wildman–Crippen MR) is 73.0 cm³/mol. The van der Waals surface area contributed by atoms with E-state index in [1.807, 2.05) is 0 Å². The molecule has 1 heterocycles. The van der Waals surface area contributed by atoms with Crippen LogP contribution in [-0.2, 0) is 10.6 Å². The molecule has 2 nitrogen and oxygen atoms in total. The van der Waals surface area contributed by atoms with Crippen LogP contribution in [0.3, 0.4) is 0 Å². The molecule has 2 unspecified atom stereocenters. The van der Waals surface area contributed by atoms with Crippen molar-refractivity contribution in [3.8, 4) is 0 Å². The molecule has 94 valence electrons. The molecule has 0 aromatic heterocycles. The Balaban J connectivity index is 2.19. The van der Waals surface area contributed by atoms with Gasteiger partial charge in [-0.15, -0.1) is 11.6 Å². The normalized spacial score (nSPS) is 24.0. The minimum atomic E-state index is 0.313. The highest BCUT2D eigenvalue weighted by Gasteiger charge is 2.28. The molecule has 3 heteroatoms. The lowest BCUT2D eigenvalue weighted by Crippen LogP contribution is -2.36. The van der Waals surface area contributed by atoms with Gasteiger partial charge in [0.05, 0.1) is 12.1 Å². The Morgan fingerprint density at radius 3 is 2.76 bits per heavy atom. The Kier molecular flexibility index (Phi) is 3.95. The number of halogens is 1. The molecule has 0 amide bonds. The standard InChI is InChI=1S/C14H20ClNO/c1-10-8-13(5-4-12(10)9-15)16(3)14-6-7-17-11(14)2/h4-5,8,11,14H,6-7,9H2,1-3H3. The van der Waals surface area contributed by atoms with E-state index in [9.17, 15) is 0 Å². The Bertz CT molecular complexity index is 394. The van der Waals surface area contributed by atoms with E-state index >= 15 is 0 Å². The molecule has 1 saturated heterocycles. The summed E-state index contributed by atoms with van der Waals surface area (Å²) in [4.78, 5) is 2.32. The van der Waals surface area contributed by atoms with Crippen molar-refractivity contribution >= 4 is 17.3 Å². The molecule has 0 bridgehead atoms. The van der Waals surface area contributed by atoms with Gasteiger partial charge in [0.15, 0.2) is 0 Å². The number of ether oxygens (including phenoxy) is 1. The Hall–Kier alpha value is -0.730. The number of rotatable bonds is 3. The smallest absolute Gasteiger partial charge is 0.0750 e. The largest absolute Gasteiger partial charge is 0.376 e. The highest BCUT2D eigenvalue weighted by molar-refractivity contribution is 6.17. The summed E-state index contributed by atoms with van der Waals surface area (Å²) < 4.78 is 5.62. The SMILES string of the molecule is Cc1cc(N(C)C2CCOC2C)ccc1CCl. The highest BCUT2D eigenvalue weighted by atomic mass is 35.5. The molecule has 0 radical (unpaired) electrons. The van der Waals surface area contributed by atoms with E-state index in [-0.39, 0.29) is 0 Å². The second kappa shape index (κ2) is 5.28. The maximum atomic E-state index is 5.88. The maximum absolute atomic E-state index is 5.88. The van der Waals surface area contributed by atoms with Crippen LogP contribution in [0.4, 0.5) is 5.69 Å². The molecule has 2 rings (SSSR count). The third-order valence-electron chi connectivity index (χ3n) is 3.71. The molecule has 1 aliphatic rings. The van der Waals surface area contributed by atoms with Crippen LogP contribution in [0.25, 0.3) is 0 Å². The van der Waals surface area contributed by atoms with Crippen LogP contribution in [0.5, 0.6) is 0 Å². The Morgan fingerprint density at radius 2 is 2.24 bits per heavy atom. The average molecular weight is 254 g/mol. The lowest BCUT2D eigenvalue weighted by Gasteiger charge is -2.29. The monoisotopic (exact) mass is 253 g/mol. The van der Waals surface area contributed by atoms with Gasteiger partial charge in [0.25, 0.3) is 0 Å². The lowest BCUT2D eigenvalue weighted by atomic mass is 10.1. The van der Waals surface area contributed by atoms with Gasteiger partial charge in [0.1, 0.15) is 0 Å². The fourth-order valence-electron chi connectivity index (χ4n) is 2.47. The molecular formula is C14H20ClNO. The van der Waals surface area contributed by atoms with E-state index in [1.54, 1.807) is 0 Å². The summed E-state index contributed by atoms with van der Waals surface area (Å²) >= 11 is 5.88. The summed E-state index contributed by atoms with van der Waals surface area (Å²) in [7, 11) is 2.14. The fraction of sp³-hybridized carbons (Fsp3) is 0.571. The predicted octanol–water partition coefficient (Wildman–Crippen LogP) is 3.35. The van der Waals surface area contributed by atoms with E-state index in [1.165, 1.54) is 16.8 Å². The van der Waals surface area contributed by atoms with E-state index in [0.29, 0.717) is 18.0 Å². The first kappa shape index (κ1) is 12.7. The zero-order chi connectivity index (χ0) is 12.4. The van der Waals surface area contributed by atoms with Gasteiger partial charge in [-0.05, 0) is 43.5 Å². The van der Waals surface area contributed by atoms with Crippen LogP contribution in [0, 0.1) is 6.92 Å². The topological polar surface area (TPSA) is 12.5 Å². The molecule has 0 saturated carbocycles. The molecule has 1 aliphatic heterocycles. The first-order valence-electron chi connectivity index (χ1n) is 6.13. The number of aryl methyl sites for hydroxylation is 1. The van der Waals surface area contributed by atoms with Gasteiger partial charge < -0.3 is 9.64 Å². The Labute approximate surface area is 109 Å². The zero-order valence-corrected chi connectivity index (χ0v) is 11.5. The van der Waals surface area contributed by atoms with Crippen molar-refractivity contribution in [1.82, 2.24) is 0 Å². The van der Waals surface area contributed by atoms with Crippen LogP contribution in [0.15, 0.2) is 18.2 Å². The summed E-state index contributed by atoms with van der Waals surface area (Å²) in [5.41, 5.74) is 3.72. The zero-order valence-electron chi connectivity index (χ0n) is 10.7. The molecule has 0 N–H and O–H groups in total. The first-order valence-corrected chi connectivity index (χ1v) is 6.67. The van der Waals surface area contributed by atoms with E-state index < -0.39 is 0 Å². The minimum Gasteiger partial charge on any atom is -0.376 e. The molecule has 1 aromatic carbocycles. The maximum Gasteiger partial charge on any atom is 0.0750 e. The van der Waals surface area contributed by atoms with Gasteiger partial charge in [-0.3, -0.25) is 0 Å². The summed E-state index contributed by atoms with van der Waals surface area (Å²) in [6.45, 7) is 5.13. The van der Waals surface area contributed by atoms with Crippen molar-refractivity contribution in [1.29, 1.82) is 0 Å². The summed E-state index contributed by atoms with van der Waals surface area (Å²) in [5.74, 6) is 0.582. The Morgan fingerprint density at radius 1 is 1.47 bits per heavy atom. The van der Waals surface area contributed by atoms with Gasteiger partial charge in [-0.25, -0.2) is 0 Å². The summed E-state index contributed by atoms with van der Waals surface area (Å²) in [6, 6.07) is 6.96. The van der Waals surface area contributed by atoms with Gasteiger partial charge in [0.2, 0.25) is 0 Å². The van der Waals surface area contributed by atoms with Gasteiger partial charge in [-0.2, -0.15) is 0 Å². The number of hydrogen-bond acceptors (Lipinski definition) is 2. The van der Waals surface area contributed by atoms with Crippen molar-refractivity contribution in [2.45, 2.75) is 38.3 Å². The molecule has 1 aromatic rings. The van der Waals surface area contributed by atoms with Gasteiger partial charge in [0, 0.05) is 25.2 Å². The number of hydrogen-bond donors (Lipinski definition) is 0. The second-order valence-corrected chi connectivity index (χ2v) is 5.05. The molecular weight excluding hydrogens is 234 g/mol. The fourth-order valence-corrected chi connectivity index (χ4v) is 2.77. The van der Waals surface area contributed by atoms with Crippen molar-refractivity contribution in [3.05, 3.63) is 29.3 Å². The van der Waals surface area contributed by atoms with Crippen molar-refractivity contribution < 1.29 is 4.74 Å². The number of benzene rings is 1. The molecule has 2 atom stereocenters. The van der Waals surface area contributed by atoms with Crippen LogP contribution in [0.1, 0.15) is 24.5 Å². The quantitative estimate of drug-likeness (QED) is 0.766. The second-order valence-electron chi connectivity index (χ2n) is 4.79. The van der Waals surface area contributed by atoms with Crippen molar-refractivity contribution in [3.63, 3.8) is 0 Å². The van der Waals surface area contributed by atoms with Crippen LogP contribution in [-0.4, -0.2) is 25.8 Å². The molecule has 17 heavy (non-hydrogen) atoms. The van der Waals surface area contributed by atoms with Crippen molar-refractivity contribution in [2.75, 3.05) is 18.6 Å². The lowest BCUT2D eigenvalue weighted by molar-refractivity contribution is 0.118. The van der Waals surface area contributed by atoms with Gasteiger partial charge >= 0.3 is 0 Å².